The number of hydrogen-bond donors (Lipinski definition) is 2. The Labute approximate surface area is 117 Å². The molecule has 3 nitrogen and oxygen atoms in total. The largest absolute Gasteiger partial charge is 0.508 e. The minimum absolute atomic E-state index is 0.0117. The third-order valence-corrected chi connectivity index (χ3v) is 3.44. The maximum absolute atomic E-state index is 13.1. The number of phenols is 1. The zero-order valence-electron chi connectivity index (χ0n) is 11.0. The summed E-state index contributed by atoms with van der Waals surface area (Å²) >= 11 is 0. The van der Waals surface area contributed by atoms with Crippen LogP contribution in [0.1, 0.15) is 11.1 Å². The second kappa shape index (κ2) is 5.51. The number of halogens is 1. The number of fused-ring (bicyclic) bond motifs is 1. The highest BCUT2D eigenvalue weighted by molar-refractivity contribution is 5.38. The van der Waals surface area contributed by atoms with E-state index in [9.17, 15) is 9.50 Å². The Kier molecular flexibility index (Phi) is 3.56. The average Bonchev–Trinajstić information content (AvgIpc) is 2.83. The molecule has 0 spiro atoms. The summed E-state index contributed by atoms with van der Waals surface area (Å²) < 4.78 is 18.8. The molecule has 1 aliphatic rings. The molecule has 2 N–H and O–H groups in total. The third kappa shape index (κ3) is 2.75. The summed E-state index contributed by atoms with van der Waals surface area (Å²) in [5.74, 6) is 0.827. The van der Waals surface area contributed by atoms with E-state index in [0.717, 1.165) is 16.9 Å². The zero-order chi connectivity index (χ0) is 13.9. The van der Waals surface area contributed by atoms with Crippen molar-refractivity contribution in [3.8, 4) is 11.5 Å². The van der Waals surface area contributed by atoms with Crippen molar-refractivity contribution >= 4 is 0 Å². The molecule has 1 aliphatic heterocycles. The van der Waals surface area contributed by atoms with Crippen LogP contribution in [0.15, 0.2) is 42.5 Å². The summed E-state index contributed by atoms with van der Waals surface area (Å²) in [6.45, 7) is 1.24. The van der Waals surface area contributed by atoms with Gasteiger partial charge in [-0.15, -0.1) is 0 Å². The van der Waals surface area contributed by atoms with E-state index in [1.165, 1.54) is 12.1 Å². The van der Waals surface area contributed by atoms with E-state index in [0.29, 0.717) is 19.5 Å². The minimum atomic E-state index is -0.227. The van der Waals surface area contributed by atoms with E-state index in [1.807, 2.05) is 12.1 Å². The van der Waals surface area contributed by atoms with Gasteiger partial charge in [0.25, 0.3) is 0 Å². The normalized spacial score (nSPS) is 16.8. The SMILES string of the molecule is Oc1ccccc1CNCC1Cc2cc(F)ccc2O1. The molecule has 0 aliphatic carbocycles. The Hall–Kier alpha value is -2.07. The zero-order valence-corrected chi connectivity index (χ0v) is 11.0. The number of benzene rings is 2. The molecule has 0 aromatic heterocycles. The van der Waals surface area contributed by atoms with Gasteiger partial charge in [-0.05, 0) is 24.3 Å². The van der Waals surface area contributed by atoms with Crippen LogP contribution in [0.2, 0.25) is 0 Å². The van der Waals surface area contributed by atoms with Crippen LogP contribution < -0.4 is 10.1 Å². The summed E-state index contributed by atoms with van der Waals surface area (Å²) in [6.07, 6.45) is 0.721. The molecule has 0 bridgehead atoms. The Morgan fingerprint density at radius 1 is 1.25 bits per heavy atom. The molecule has 1 unspecified atom stereocenters. The van der Waals surface area contributed by atoms with Gasteiger partial charge < -0.3 is 15.2 Å². The van der Waals surface area contributed by atoms with Crippen molar-refractivity contribution in [3.63, 3.8) is 0 Å². The molecular formula is C16H16FNO2. The summed E-state index contributed by atoms with van der Waals surface area (Å²) in [7, 11) is 0. The molecule has 1 heterocycles. The van der Waals surface area contributed by atoms with E-state index in [2.05, 4.69) is 5.32 Å². The fraction of sp³-hybridized carbons (Fsp3) is 0.250. The van der Waals surface area contributed by atoms with Gasteiger partial charge in [-0.2, -0.15) is 0 Å². The second-order valence-electron chi connectivity index (χ2n) is 4.96. The fourth-order valence-electron chi connectivity index (χ4n) is 2.43. The smallest absolute Gasteiger partial charge is 0.123 e. The van der Waals surface area contributed by atoms with Crippen molar-refractivity contribution in [3.05, 3.63) is 59.4 Å². The number of hydrogen-bond acceptors (Lipinski definition) is 3. The molecule has 104 valence electrons. The van der Waals surface area contributed by atoms with Gasteiger partial charge in [-0.25, -0.2) is 4.39 Å². The quantitative estimate of drug-likeness (QED) is 0.899. The van der Waals surface area contributed by atoms with Crippen LogP contribution in [-0.4, -0.2) is 17.8 Å². The van der Waals surface area contributed by atoms with E-state index < -0.39 is 0 Å². The number of aromatic hydroxyl groups is 1. The van der Waals surface area contributed by atoms with E-state index in [1.54, 1.807) is 18.2 Å². The number of nitrogens with one attached hydrogen (secondary N) is 1. The lowest BCUT2D eigenvalue weighted by atomic mass is 10.1. The van der Waals surface area contributed by atoms with Crippen molar-refractivity contribution in [2.24, 2.45) is 0 Å². The summed E-state index contributed by atoms with van der Waals surface area (Å²) in [5, 5.41) is 12.9. The molecule has 2 aromatic rings. The van der Waals surface area contributed by atoms with E-state index in [4.69, 9.17) is 4.74 Å². The summed E-state index contributed by atoms with van der Waals surface area (Å²) in [6, 6.07) is 11.8. The first-order valence-electron chi connectivity index (χ1n) is 6.65. The van der Waals surface area contributed by atoms with Gasteiger partial charge in [0.05, 0.1) is 0 Å². The van der Waals surface area contributed by atoms with Crippen LogP contribution >= 0.6 is 0 Å². The second-order valence-corrected chi connectivity index (χ2v) is 4.96. The van der Waals surface area contributed by atoms with Crippen molar-refractivity contribution < 1.29 is 14.2 Å². The highest BCUT2D eigenvalue weighted by Gasteiger charge is 2.22. The molecule has 2 aromatic carbocycles. The Morgan fingerprint density at radius 2 is 2.10 bits per heavy atom. The van der Waals surface area contributed by atoms with Crippen LogP contribution in [-0.2, 0) is 13.0 Å². The number of phenolic OH excluding ortho intramolecular Hbond substituents is 1. The molecule has 0 radical (unpaired) electrons. The topological polar surface area (TPSA) is 41.5 Å². The first kappa shape index (κ1) is 12.9. The van der Waals surface area contributed by atoms with Crippen molar-refractivity contribution in [2.75, 3.05) is 6.54 Å². The first-order chi connectivity index (χ1) is 9.72. The third-order valence-electron chi connectivity index (χ3n) is 3.44. The summed E-state index contributed by atoms with van der Waals surface area (Å²) in [4.78, 5) is 0. The molecule has 0 amide bonds. The van der Waals surface area contributed by atoms with E-state index >= 15 is 0 Å². The van der Waals surface area contributed by atoms with Gasteiger partial charge in [0.15, 0.2) is 0 Å². The van der Waals surface area contributed by atoms with Crippen LogP contribution in [0.4, 0.5) is 4.39 Å². The highest BCUT2D eigenvalue weighted by Crippen LogP contribution is 2.29. The molecular weight excluding hydrogens is 257 g/mol. The lowest BCUT2D eigenvalue weighted by Gasteiger charge is -2.12. The maximum atomic E-state index is 13.1. The molecule has 0 saturated heterocycles. The minimum Gasteiger partial charge on any atom is -0.508 e. The molecule has 0 fully saturated rings. The molecule has 0 saturated carbocycles. The van der Waals surface area contributed by atoms with Gasteiger partial charge in [0.2, 0.25) is 0 Å². The predicted octanol–water partition coefficient (Wildman–Crippen LogP) is 2.62. The molecule has 1 atom stereocenters. The Morgan fingerprint density at radius 3 is 2.95 bits per heavy atom. The van der Waals surface area contributed by atoms with Crippen LogP contribution in [0.3, 0.4) is 0 Å². The monoisotopic (exact) mass is 273 g/mol. The van der Waals surface area contributed by atoms with Gasteiger partial charge in [-0.1, -0.05) is 18.2 Å². The number of para-hydroxylation sites is 1. The van der Waals surface area contributed by atoms with E-state index in [-0.39, 0.29) is 17.7 Å². The molecule has 4 heteroatoms. The van der Waals surface area contributed by atoms with Gasteiger partial charge in [0.1, 0.15) is 23.4 Å². The van der Waals surface area contributed by atoms with Crippen molar-refractivity contribution in [1.29, 1.82) is 0 Å². The lowest BCUT2D eigenvalue weighted by molar-refractivity contribution is 0.227. The summed E-state index contributed by atoms with van der Waals surface area (Å²) in [5.41, 5.74) is 1.77. The maximum Gasteiger partial charge on any atom is 0.123 e. The number of rotatable bonds is 4. The average molecular weight is 273 g/mol. The Bertz CT molecular complexity index is 615. The molecule has 20 heavy (non-hydrogen) atoms. The Balaban J connectivity index is 1.53. The van der Waals surface area contributed by atoms with Crippen LogP contribution in [0, 0.1) is 5.82 Å². The van der Waals surface area contributed by atoms with Crippen molar-refractivity contribution in [2.45, 2.75) is 19.1 Å². The predicted molar refractivity (Wildman–Crippen MR) is 74.3 cm³/mol. The van der Waals surface area contributed by atoms with Crippen LogP contribution in [0.5, 0.6) is 11.5 Å². The lowest BCUT2D eigenvalue weighted by Crippen LogP contribution is -2.29. The van der Waals surface area contributed by atoms with Crippen LogP contribution in [0.25, 0.3) is 0 Å². The molecule has 3 rings (SSSR count). The standard InChI is InChI=1S/C16H16FNO2/c17-13-5-6-16-12(7-13)8-14(20-16)10-18-9-11-3-1-2-4-15(11)19/h1-7,14,18-19H,8-10H2. The van der Waals surface area contributed by atoms with Crippen molar-refractivity contribution in [1.82, 2.24) is 5.32 Å². The first-order valence-corrected chi connectivity index (χ1v) is 6.65. The van der Waals surface area contributed by atoms with Gasteiger partial charge in [-0.3, -0.25) is 0 Å². The van der Waals surface area contributed by atoms with Gasteiger partial charge >= 0.3 is 0 Å². The highest BCUT2D eigenvalue weighted by atomic mass is 19.1. The van der Waals surface area contributed by atoms with Gasteiger partial charge in [0, 0.05) is 30.6 Å². The number of ether oxygens (including phenoxy) is 1. The fourth-order valence-corrected chi connectivity index (χ4v) is 2.43.